The van der Waals surface area contributed by atoms with Gasteiger partial charge in [-0.05, 0) is 43.0 Å². The molecule has 3 N–H and O–H groups in total. The quantitative estimate of drug-likeness (QED) is 0.168. The second-order valence-electron chi connectivity index (χ2n) is 6.30. The molecule has 148 valence electrons. The first-order valence-electron chi connectivity index (χ1n) is 8.71. The van der Waals surface area contributed by atoms with Crippen molar-refractivity contribution >= 4 is 17.6 Å². The van der Waals surface area contributed by atoms with Gasteiger partial charge >= 0.3 is 5.69 Å². The van der Waals surface area contributed by atoms with Crippen LogP contribution >= 0.6 is 11.8 Å². The summed E-state index contributed by atoms with van der Waals surface area (Å²) in [6.07, 6.45) is 1.97. The van der Waals surface area contributed by atoms with Gasteiger partial charge in [0, 0.05) is 11.0 Å². The number of amidine groups is 1. The number of nitrogens with two attached hydrogens (primary N) is 1. The Morgan fingerprint density at radius 3 is 2.34 bits per heavy atom. The molecule has 0 spiro atoms. The van der Waals surface area contributed by atoms with E-state index in [0.29, 0.717) is 11.4 Å². The van der Waals surface area contributed by atoms with Gasteiger partial charge in [-0.15, -0.1) is 16.9 Å². The van der Waals surface area contributed by atoms with E-state index in [2.05, 4.69) is 10.3 Å². The van der Waals surface area contributed by atoms with Crippen LogP contribution < -0.4 is 17.1 Å². The largest absolute Gasteiger partial charge is 0.336 e. The van der Waals surface area contributed by atoms with Gasteiger partial charge in [0.1, 0.15) is 0 Å². The second kappa shape index (κ2) is 8.70. The van der Waals surface area contributed by atoms with Crippen LogP contribution in [0.25, 0.3) is 16.9 Å². The summed E-state index contributed by atoms with van der Waals surface area (Å²) in [7, 11) is 0. The van der Waals surface area contributed by atoms with E-state index in [1.54, 1.807) is 11.8 Å². The number of aromatic nitrogens is 2. The summed E-state index contributed by atoms with van der Waals surface area (Å²) in [5, 5.41) is 14.2. The van der Waals surface area contributed by atoms with Crippen molar-refractivity contribution in [2.75, 3.05) is 6.26 Å². The summed E-state index contributed by atoms with van der Waals surface area (Å²) in [6, 6.07) is 16.4. The number of rotatable bonds is 5. The number of hydrogen-bond acceptors (Lipinski definition) is 5. The van der Waals surface area contributed by atoms with E-state index in [0.717, 1.165) is 20.6 Å². The third kappa shape index (κ3) is 4.35. The zero-order valence-electron chi connectivity index (χ0n) is 16.0. The van der Waals surface area contributed by atoms with E-state index < -0.39 is 11.2 Å². The van der Waals surface area contributed by atoms with Crippen molar-refractivity contribution in [1.29, 1.82) is 5.41 Å². The van der Waals surface area contributed by atoms with Gasteiger partial charge in [0.2, 0.25) is 0 Å². The number of thioether (sulfide) groups is 1. The third-order valence-electron chi connectivity index (χ3n) is 4.35. The molecule has 3 aromatic rings. The summed E-state index contributed by atoms with van der Waals surface area (Å²) in [5.41, 5.74) is 1.80. The van der Waals surface area contributed by atoms with Crippen LogP contribution in [0.3, 0.4) is 0 Å². The van der Waals surface area contributed by atoms with Crippen LogP contribution in [0.2, 0.25) is 0 Å². The lowest BCUT2D eigenvalue weighted by Gasteiger charge is -2.16. The minimum Gasteiger partial charge on any atom is -0.305 e. The van der Waals surface area contributed by atoms with Gasteiger partial charge in [0.05, 0.1) is 17.9 Å². The Hall–Kier alpha value is -3.46. The summed E-state index contributed by atoms with van der Waals surface area (Å²) >= 11 is 1.59. The van der Waals surface area contributed by atoms with Crippen LogP contribution in [0, 0.1) is 12.3 Å². The molecule has 0 bridgehead atoms. The normalized spacial score (nSPS) is 11.1. The van der Waals surface area contributed by atoms with Crippen LogP contribution in [-0.4, -0.2) is 21.2 Å². The van der Waals surface area contributed by atoms with Gasteiger partial charge in [-0.2, -0.15) is 0 Å². The lowest BCUT2D eigenvalue weighted by Crippen LogP contribution is -2.41. The number of nitrogens with one attached hydrogen (secondary N) is 1. The highest BCUT2D eigenvalue weighted by molar-refractivity contribution is 7.98. The fourth-order valence-corrected chi connectivity index (χ4v) is 3.30. The molecule has 0 saturated carbocycles. The molecule has 0 amide bonds. The van der Waals surface area contributed by atoms with Gasteiger partial charge in [-0.3, -0.25) is 19.3 Å². The van der Waals surface area contributed by atoms with E-state index in [1.807, 2.05) is 61.7 Å². The van der Waals surface area contributed by atoms with Crippen molar-refractivity contribution in [3.8, 4) is 16.9 Å². The molecule has 29 heavy (non-hydrogen) atoms. The van der Waals surface area contributed by atoms with Crippen LogP contribution in [0.1, 0.15) is 5.56 Å². The summed E-state index contributed by atoms with van der Waals surface area (Å²) < 4.78 is 2.40. The predicted molar refractivity (Wildman–Crippen MR) is 115 cm³/mol. The Labute approximate surface area is 171 Å². The molecule has 1 aromatic heterocycles. The van der Waals surface area contributed by atoms with Crippen LogP contribution in [0.5, 0.6) is 0 Å². The van der Waals surface area contributed by atoms with Crippen LogP contribution in [-0.2, 0) is 6.54 Å². The highest BCUT2D eigenvalue weighted by atomic mass is 32.2. The van der Waals surface area contributed by atoms with E-state index in [4.69, 9.17) is 11.3 Å². The number of hydrogen-bond donors (Lipinski definition) is 2. The molecule has 0 atom stereocenters. The average Bonchev–Trinajstić information content (AvgIpc) is 2.72. The Balaban J connectivity index is 2.27. The molecule has 0 fully saturated rings. The minimum atomic E-state index is -0.568. The number of nitrogens with zero attached hydrogens (tertiary/aromatic N) is 4. The SMILES string of the molecule is CSc1ccc(-n2c(-c3ccc(C)cc3)cc(=O)n(CC(=N)N=NN)c2=O)cc1. The monoisotopic (exact) mass is 408 g/mol. The topological polar surface area (TPSA) is 119 Å². The summed E-state index contributed by atoms with van der Waals surface area (Å²) in [4.78, 5) is 27.0. The van der Waals surface area contributed by atoms with Crippen molar-refractivity contribution in [2.45, 2.75) is 18.4 Å². The number of aryl methyl sites for hydroxylation is 1. The molecule has 0 aliphatic carbocycles. The average molecular weight is 408 g/mol. The Morgan fingerprint density at radius 2 is 1.76 bits per heavy atom. The molecule has 0 aliphatic rings. The van der Waals surface area contributed by atoms with E-state index in [1.165, 1.54) is 10.6 Å². The van der Waals surface area contributed by atoms with Crippen molar-refractivity contribution < 1.29 is 0 Å². The first-order valence-corrected chi connectivity index (χ1v) is 9.94. The number of benzene rings is 2. The molecule has 0 aliphatic heterocycles. The lowest BCUT2D eigenvalue weighted by atomic mass is 10.1. The molecule has 3 rings (SSSR count). The van der Waals surface area contributed by atoms with E-state index in [-0.39, 0.29) is 12.4 Å². The first-order chi connectivity index (χ1) is 13.9. The van der Waals surface area contributed by atoms with Gasteiger partial charge < -0.3 is 5.84 Å². The predicted octanol–water partition coefficient (Wildman–Crippen LogP) is 3.00. The third-order valence-corrected chi connectivity index (χ3v) is 5.10. The Bertz CT molecular complexity index is 1180. The molecular formula is C20H20N6O2S. The fraction of sp³-hybridized carbons (Fsp3) is 0.150. The van der Waals surface area contributed by atoms with Gasteiger partial charge in [0.25, 0.3) is 5.56 Å². The molecule has 0 radical (unpaired) electrons. The standard InChI is InChI=1S/C20H20N6O2S/c1-13-3-5-14(6-4-13)17-11-19(27)25(12-18(21)23-24-22)20(28)26(17)15-7-9-16(29-2)10-8-15/h3-11H,12H2,1-2H3,(H3,21,22,23). The maximum atomic E-state index is 13.3. The molecule has 9 heteroatoms. The van der Waals surface area contributed by atoms with Crippen LogP contribution in [0.4, 0.5) is 0 Å². The van der Waals surface area contributed by atoms with Crippen molar-refractivity contribution in [2.24, 2.45) is 16.2 Å². The van der Waals surface area contributed by atoms with E-state index in [9.17, 15) is 9.59 Å². The fourth-order valence-electron chi connectivity index (χ4n) is 2.89. The van der Waals surface area contributed by atoms with Gasteiger partial charge in [-0.1, -0.05) is 35.1 Å². The highest BCUT2D eigenvalue weighted by Gasteiger charge is 2.16. The summed E-state index contributed by atoms with van der Waals surface area (Å²) in [5.74, 6) is 4.67. The molecule has 8 nitrogen and oxygen atoms in total. The van der Waals surface area contributed by atoms with E-state index >= 15 is 0 Å². The smallest absolute Gasteiger partial charge is 0.305 e. The zero-order valence-corrected chi connectivity index (χ0v) is 16.8. The minimum absolute atomic E-state index is 0.293. The molecule has 0 unspecified atom stereocenters. The highest BCUT2D eigenvalue weighted by Crippen LogP contribution is 2.22. The maximum Gasteiger partial charge on any atom is 0.336 e. The lowest BCUT2D eigenvalue weighted by molar-refractivity contribution is 0.693. The molecule has 0 saturated heterocycles. The first kappa shape index (κ1) is 20.3. The Morgan fingerprint density at radius 1 is 1.10 bits per heavy atom. The van der Waals surface area contributed by atoms with Crippen molar-refractivity contribution in [3.05, 3.63) is 81.0 Å². The van der Waals surface area contributed by atoms with Crippen LogP contribution in [0.15, 0.2) is 79.4 Å². The maximum absolute atomic E-state index is 13.3. The zero-order chi connectivity index (χ0) is 21.0. The molecule has 2 aromatic carbocycles. The van der Waals surface area contributed by atoms with Gasteiger partial charge in [0.15, 0.2) is 5.84 Å². The molecular weight excluding hydrogens is 388 g/mol. The van der Waals surface area contributed by atoms with Crippen molar-refractivity contribution in [1.82, 2.24) is 9.13 Å². The summed E-state index contributed by atoms with van der Waals surface area (Å²) in [6.45, 7) is 1.64. The molecule has 1 heterocycles. The Kier molecular flexibility index (Phi) is 6.08. The second-order valence-corrected chi connectivity index (χ2v) is 7.18. The van der Waals surface area contributed by atoms with Crippen molar-refractivity contribution in [3.63, 3.8) is 0 Å². The van der Waals surface area contributed by atoms with Gasteiger partial charge in [-0.25, -0.2) is 4.79 Å².